The van der Waals surface area contributed by atoms with Gasteiger partial charge in [0.2, 0.25) is 10.0 Å². The van der Waals surface area contributed by atoms with E-state index in [2.05, 4.69) is 0 Å². The fourth-order valence-electron chi connectivity index (χ4n) is 4.54. The molecule has 1 amide bonds. The summed E-state index contributed by atoms with van der Waals surface area (Å²) in [6, 6.07) is 21.5. The summed E-state index contributed by atoms with van der Waals surface area (Å²) in [7, 11) is -2.15. The Morgan fingerprint density at radius 2 is 1.87 bits per heavy atom. The number of hydrogen-bond acceptors (Lipinski definition) is 7. The van der Waals surface area contributed by atoms with Crippen molar-refractivity contribution >= 4 is 42.6 Å². The molecule has 4 aromatic rings. The molecule has 1 aliphatic rings. The molecule has 5 rings (SSSR count). The van der Waals surface area contributed by atoms with Crippen LogP contribution in [0.2, 0.25) is 0 Å². The highest BCUT2D eigenvalue weighted by Crippen LogP contribution is 2.33. The summed E-state index contributed by atoms with van der Waals surface area (Å²) in [5.74, 6) is 0.488. The molecule has 0 N–H and O–H groups in total. The largest absolute Gasteiger partial charge is 0.494 e. The molecular weight excluding hydrogens is 534 g/mol. The zero-order valence-corrected chi connectivity index (χ0v) is 23.6. The molecule has 1 atom stereocenters. The number of rotatable bonds is 10. The summed E-state index contributed by atoms with van der Waals surface area (Å²) in [4.78, 5) is 20.3. The van der Waals surface area contributed by atoms with Gasteiger partial charge in [-0.1, -0.05) is 41.7 Å². The van der Waals surface area contributed by atoms with E-state index in [0.29, 0.717) is 37.0 Å². The van der Waals surface area contributed by atoms with Gasteiger partial charge >= 0.3 is 0 Å². The van der Waals surface area contributed by atoms with Gasteiger partial charge in [-0.15, -0.1) is 0 Å². The van der Waals surface area contributed by atoms with Gasteiger partial charge in [-0.2, -0.15) is 4.31 Å². The number of carbonyl (C=O) groups excluding carboxylic acids is 1. The fourth-order valence-corrected chi connectivity index (χ4v) is 6.73. The van der Waals surface area contributed by atoms with Crippen molar-refractivity contribution in [2.75, 3.05) is 31.7 Å². The number of anilines is 1. The summed E-state index contributed by atoms with van der Waals surface area (Å²) in [5.41, 5.74) is 2.11. The maximum atomic E-state index is 13.8. The summed E-state index contributed by atoms with van der Waals surface area (Å²) in [5, 5.41) is 0.556. The van der Waals surface area contributed by atoms with Gasteiger partial charge in [0.25, 0.3) is 5.91 Å². The van der Waals surface area contributed by atoms with Gasteiger partial charge in [-0.05, 0) is 67.8 Å². The van der Waals surface area contributed by atoms with Crippen LogP contribution in [0.15, 0.2) is 77.7 Å². The van der Waals surface area contributed by atoms with Crippen molar-refractivity contribution in [2.45, 2.75) is 37.3 Å². The number of likely N-dealkylation sites (N-methyl/N-ethyl adjacent to an activating group) is 1. The molecule has 1 aromatic heterocycles. The van der Waals surface area contributed by atoms with E-state index in [1.54, 1.807) is 24.1 Å². The van der Waals surface area contributed by atoms with Crippen LogP contribution in [0.25, 0.3) is 10.2 Å². The highest BCUT2D eigenvalue weighted by Gasteiger charge is 2.27. The maximum Gasteiger partial charge on any atom is 0.260 e. The number of hydrogen-bond donors (Lipinski definition) is 0. The lowest BCUT2D eigenvalue weighted by Crippen LogP contribution is -2.34. The third kappa shape index (κ3) is 6.14. The topological polar surface area (TPSA) is 89.0 Å². The van der Waals surface area contributed by atoms with Crippen LogP contribution in [-0.2, 0) is 21.3 Å². The molecule has 3 aromatic carbocycles. The van der Waals surface area contributed by atoms with Crippen LogP contribution < -0.4 is 9.64 Å². The van der Waals surface area contributed by atoms with E-state index in [1.165, 1.54) is 27.8 Å². The molecule has 0 saturated carbocycles. The maximum absolute atomic E-state index is 13.8. The smallest absolute Gasteiger partial charge is 0.260 e. The van der Waals surface area contributed by atoms with E-state index >= 15 is 0 Å². The average molecular weight is 566 g/mol. The van der Waals surface area contributed by atoms with E-state index in [0.717, 1.165) is 34.4 Å². The number of benzene rings is 3. The lowest BCUT2D eigenvalue weighted by Gasteiger charge is -2.22. The summed E-state index contributed by atoms with van der Waals surface area (Å²) >= 11 is 1.41. The predicted octanol–water partition coefficient (Wildman–Crippen LogP) is 5.34. The number of carbonyl (C=O) groups is 1. The lowest BCUT2D eigenvalue weighted by molar-refractivity contribution is 0.0978. The minimum absolute atomic E-state index is 0.0874. The van der Waals surface area contributed by atoms with E-state index in [4.69, 9.17) is 14.5 Å². The molecule has 1 saturated heterocycles. The van der Waals surface area contributed by atoms with Gasteiger partial charge in [0.15, 0.2) is 5.13 Å². The Kier molecular flexibility index (Phi) is 8.27. The molecule has 204 valence electrons. The van der Waals surface area contributed by atoms with E-state index in [9.17, 15) is 13.2 Å². The van der Waals surface area contributed by atoms with Gasteiger partial charge in [0.05, 0.1) is 34.4 Å². The third-order valence-electron chi connectivity index (χ3n) is 6.61. The van der Waals surface area contributed by atoms with Gasteiger partial charge < -0.3 is 9.47 Å². The van der Waals surface area contributed by atoms with Crippen LogP contribution in [0.3, 0.4) is 0 Å². The second-order valence-corrected chi connectivity index (χ2v) is 12.4. The van der Waals surface area contributed by atoms with Crippen LogP contribution >= 0.6 is 11.3 Å². The van der Waals surface area contributed by atoms with Crippen LogP contribution in [0.1, 0.15) is 35.7 Å². The van der Waals surface area contributed by atoms with Gasteiger partial charge in [-0.3, -0.25) is 9.69 Å². The van der Waals surface area contributed by atoms with Gasteiger partial charge in [0.1, 0.15) is 5.75 Å². The van der Waals surface area contributed by atoms with Crippen molar-refractivity contribution in [3.05, 3.63) is 83.9 Å². The Labute approximate surface area is 232 Å². The molecule has 0 spiro atoms. The molecule has 1 aliphatic heterocycles. The van der Waals surface area contributed by atoms with E-state index in [1.807, 2.05) is 55.5 Å². The number of ether oxygens (including phenoxy) is 2. The first-order chi connectivity index (χ1) is 18.8. The second kappa shape index (κ2) is 11.8. The molecule has 1 fully saturated rings. The van der Waals surface area contributed by atoms with Crippen molar-refractivity contribution < 1.29 is 22.7 Å². The monoisotopic (exact) mass is 565 g/mol. The number of sulfonamides is 1. The number of amides is 1. The van der Waals surface area contributed by atoms with Crippen LogP contribution in [0, 0.1) is 0 Å². The molecule has 39 heavy (non-hydrogen) atoms. The zero-order valence-electron chi connectivity index (χ0n) is 21.9. The summed E-state index contributed by atoms with van der Waals surface area (Å²) in [6.45, 7) is 3.78. The molecular formula is C29H31N3O5S2. The van der Waals surface area contributed by atoms with E-state index in [-0.39, 0.29) is 16.9 Å². The SMILES string of the molecule is CCOc1ccc2nc(N(Cc3ccccc3)C(=O)c3ccc(S(=O)(=O)N(C)CC4CCCO4)cc3)sc2c1. The standard InChI is InChI=1S/C29H31N3O5S2/c1-3-36-23-13-16-26-27(18-23)38-29(30-26)32(19-21-8-5-4-6-9-21)28(33)22-11-14-25(15-12-22)39(34,35)31(2)20-24-10-7-17-37-24/h4-6,8-9,11-16,18,24H,3,7,10,17,19-20H2,1-2H3. The van der Waals surface area contributed by atoms with Crippen molar-refractivity contribution in [3.63, 3.8) is 0 Å². The number of aromatic nitrogens is 1. The Balaban J connectivity index is 1.42. The quantitative estimate of drug-likeness (QED) is 0.258. The van der Waals surface area contributed by atoms with Crippen LogP contribution in [0.5, 0.6) is 5.75 Å². The Bertz CT molecular complexity index is 1530. The Morgan fingerprint density at radius 3 is 2.56 bits per heavy atom. The zero-order chi connectivity index (χ0) is 27.4. The number of thiazole rings is 1. The second-order valence-electron chi connectivity index (χ2n) is 9.38. The molecule has 0 aliphatic carbocycles. The first-order valence-electron chi connectivity index (χ1n) is 12.9. The van der Waals surface area contributed by atoms with Crippen molar-refractivity contribution in [1.29, 1.82) is 0 Å². The molecule has 0 radical (unpaired) electrons. The first kappa shape index (κ1) is 27.3. The highest BCUT2D eigenvalue weighted by molar-refractivity contribution is 7.89. The Morgan fingerprint density at radius 1 is 1.10 bits per heavy atom. The molecule has 10 heteroatoms. The van der Waals surface area contributed by atoms with Crippen LogP contribution in [0.4, 0.5) is 5.13 Å². The Hall–Kier alpha value is -3.31. The van der Waals surface area contributed by atoms with Gasteiger partial charge in [0, 0.05) is 25.8 Å². The minimum atomic E-state index is -3.71. The number of nitrogens with zero attached hydrogens (tertiary/aromatic N) is 3. The minimum Gasteiger partial charge on any atom is -0.494 e. The first-order valence-corrected chi connectivity index (χ1v) is 15.2. The molecule has 1 unspecified atom stereocenters. The predicted molar refractivity (Wildman–Crippen MR) is 153 cm³/mol. The van der Waals surface area contributed by atoms with Crippen molar-refractivity contribution in [2.24, 2.45) is 0 Å². The molecule has 0 bridgehead atoms. The van der Waals surface area contributed by atoms with Crippen molar-refractivity contribution in [3.8, 4) is 5.75 Å². The lowest BCUT2D eigenvalue weighted by atomic mass is 10.1. The molecule has 2 heterocycles. The molecule has 8 nitrogen and oxygen atoms in total. The average Bonchev–Trinajstić information content (AvgIpc) is 3.62. The normalized spacial score (nSPS) is 15.6. The number of fused-ring (bicyclic) bond motifs is 1. The van der Waals surface area contributed by atoms with Gasteiger partial charge in [-0.25, -0.2) is 13.4 Å². The van der Waals surface area contributed by atoms with Crippen LogP contribution in [-0.4, -0.2) is 56.5 Å². The highest BCUT2D eigenvalue weighted by atomic mass is 32.2. The third-order valence-corrected chi connectivity index (χ3v) is 9.49. The van der Waals surface area contributed by atoms with Crippen molar-refractivity contribution in [1.82, 2.24) is 9.29 Å². The summed E-state index contributed by atoms with van der Waals surface area (Å²) < 4.78 is 39.7. The van der Waals surface area contributed by atoms with E-state index < -0.39 is 10.0 Å². The summed E-state index contributed by atoms with van der Waals surface area (Å²) in [6.07, 6.45) is 1.70. The fraction of sp³-hybridized carbons (Fsp3) is 0.310.